The van der Waals surface area contributed by atoms with Gasteiger partial charge in [-0.1, -0.05) is 48.5 Å². The van der Waals surface area contributed by atoms with Crippen LogP contribution in [0.4, 0.5) is 0 Å². The lowest BCUT2D eigenvalue weighted by Crippen LogP contribution is -1.96. The van der Waals surface area contributed by atoms with Gasteiger partial charge in [-0.25, -0.2) is 0 Å². The third-order valence-electron chi connectivity index (χ3n) is 4.02. The molecule has 120 valence electrons. The van der Waals surface area contributed by atoms with Crippen molar-refractivity contribution in [3.8, 4) is 17.2 Å². The topological polar surface area (TPSA) is 27.7 Å². The van der Waals surface area contributed by atoms with Gasteiger partial charge in [0.05, 0.1) is 0 Å². The lowest BCUT2D eigenvalue weighted by Gasteiger charge is -2.08. The highest BCUT2D eigenvalue weighted by Crippen LogP contribution is 2.32. The zero-order chi connectivity index (χ0) is 16.2. The third-order valence-corrected chi connectivity index (χ3v) is 4.02. The van der Waals surface area contributed by atoms with Crippen LogP contribution in [-0.2, 0) is 13.0 Å². The molecule has 1 aliphatic rings. The second-order valence-corrected chi connectivity index (χ2v) is 5.78. The van der Waals surface area contributed by atoms with Crippen molar-refractivity contribution in [3.05, 3.63) is 89.5 Å². The van der Waals surface area contributed by atoms with Gasteiger partial charge >= 0.3 is 0 Å². The predicted octanol–water partition coefficient (Wildman–Crippen LogP) is 4.59. The van der Waals surface area contributed by atoms with Crippen molar-refractivity contribution in [2.45, 2.75) is 13.0 Å². The summed E-state index contributed by atoms with van der Waals surface area (Å²) in [5.74, 6) is 2.45. The van der Waals surface area contributed by atoms with Gasteiger partial charge in [0.1, 0.15) is 12.4 Å². The predicted molar refractivity (Wildman–Crippen MR) is 92.6 cm³/mol. The van der Waals surface area contributed by atoms with E-state index in [0.717, 1.165) is 29.2 Å². The molecule has 0 saturated carbocycles. The molecule has 3 aromatic carbocycles. The van der Waals surface area contributed by atoms with Crippen molar-refractivity contribution >= 4 is 0 Å². The van der Waals surface area contributed by atoms with E-state index in [2.05, 4.69) is 36.4 Å². The summed E-state index contributed by atoms with van der Waals surface area (Å²) in [5.41, 5.74) is 3.65. The van der Waals surface area contributed by atoms with Crippen LogP contribution in [0.15, 0.2) is 72.8 Å². The number of benzene rings is 3. The summed E-state index contributed by atoms with van der Waals surface area (Å²) in [5, 5.41) is 0. The Kier molecular flexibility index (Phi) is 4.07. The summed E-state index contributed by atoms with van der Waals surface area (Å²) in [7, 11) is 0. The van der Waals surface area contributed by atoms with Crippen molar-refractivity contribution < 1.29 is 14.2 Å². The fraction of sp³-hybridized carbons (Fsp3) is 0.143. The number of fused-ring (bicyclic) bond motifs is 1. The average molecular weight is 318 g/mol. The lowest BCUT2D eigenvalue weighted by molar-refractivity contribution is 0.174. The van der Waals surface area contributed by atoms with E-state index in [0.29, 0.717) is 13.4 Å². The summed E-state index contributed by atoms with van der Waals surface area (Å²) >= 11 is 0. The molecular formula is C21H18O3. The highest BCUT2D eigenvalue weighted by Gasteiger charge is 2.13. The Labute approximate surface area is 141 Å². The molecule has 0 saturated heterocycles. The van der Waals surface area contributed by atoms with E-state index in [1.54, 1.807) is 0 Å². The van der Waals surface area contributed by atoms with E-state index in [4.69, 9.17) is 14.2 Å². The fourth-order valence-electron chi connectivity index (χ4n) is 2.73. The molecule has 0 amide bonds. The molecule has 1 aliphatic heterocycles. The first-order valence-corrected chi connectivity index (χ1v) is 8.01. The van der Waals surface area contributed by atoms with E-state index >= 15 is 0 Å². The molecule has 4 rings (SSSR count). The SMILES string of the molecule is c1ccc(Cc2ccc(OCc3ccc4c(c3)OCO4)cc2)cc1. The van der Waals surface area contributed by atoms with Gasteiger partial charge in [0.15, 0.2) is 11.5 Å². The minimum absolute atomic E-state index is 0.294. The molecule has 0 spiro atoms. The maximum atomic E-state index is 5.86. The molecule has 0 aliphatic carbocycles. The third kappa shape index (κ3) is 3.35. The molecule has 1 heterocycles. The van der Waals surface area contributed by atoms with Gasteiger partial charge in [-0.15, -0.1) is 0 Å². The molecule has 0 atom stereocenters. The van der Waals surface area contributed by atoms with E-state index in [1.165, 1.54) is 11.1 Å². The van der Waals surface area contributed by atoms with Crippen LogP contribution in [0.25, 0.3) is 0 Å². The highest BCUT2D eigenvalue weighted by atomic mass is 16.7. The molecule has 24 heavy (non-hydrogen) atoms. The first-order valence-electron chi connectivity index (χ1n) is 8.01. The molecule has 0 N–H and O–H groups in total. The average Bonchev–Trinajstić information content (AvgIpc) is 3.10. The zero-order valence-corrected chi connectivity index (χ0v) is 13.3. The van der Waals surface area contributed by atoms with Gasteiger partial charge in [-0.3, -0.25) is 0 Å². The van der Waals surface area contributed by atoms with Gasteiger partial charge in [0.25, 0.3) is 0 Å². The summed E-state index contributed by atoms with van der Waals surface area (Å²) in [6.45, 7) is 0.803. The van der Waals surface area contributed by atoms with Crippen LogP contribution >= 0.6 is 0 Å². The fourth-order valence-corrected chi connectivity index (χ4v) is 2.73. The summed E-state index contributed by atoms with van der Waals surface area (Å²) < 4.78 is 16.6. The normalized spacial score (nSPS) is 12.2. The molecule has 0 aromatic heterocycles. The Hall–Kier alpha value is -2.94. The quantitative estimate of drug-likeness (QED) is 0.689. The van der Waals surface area contributed by atoms with Gasteiger partial charge in [-0.2, -0.15) is 0 Å². The van der Waals surface area contributed by atoms with Crippen LogP contribution in [0, 0.1) is 0 Å². The Bertz CT molecular complexity index is 810. The molecule has 0 bridgehead atoms. The van der Waals surface area contributed by atoms with Crippen molar-refractivity contribution in [2.75, 3.05) is 6.79 Å². The maximum absolute atomic E-state index is 5.86. The standard InChI is InChI=1S/C21H18O3/c1-2-4-16(5-3-1)12-17-6-9-19(10-7-17)22-14-18-8-11-20-21(13-18)24-15-23-20/h1-11,13H,12,14-15H2. The van der Waals surface area contributed by atoms with Gasteiger partial charge in [0, 0.05) is 0 Å². The number of rotatable bonds is 5. The second-order valence-electron chi connectivity index (χ2n) is 5.78. The molecule has 3 heteroatoms. The van der Waals surface area contributed by atoms with Crippen LogP contribution in [0.1, 0.15) is 16.7 Å². The van der Waals surface area contributed by atoms with E-state index < -0.39 is 0 Å². The van der Waals surface area contributed by atoms with Crippen molar-refractivity contribution in [1.29, 1.82) is 0 Å². The Morgan fingerprint density at radius 2 is 1.42 bits per heavy atom. The Morgan fingerprint density at radius 1 is 0.708 bits per heavy atom. The first-order chi connectivity index (χ1) is 11.9. The van der Waals surface area contributed by atoms with E-state index in [-0.39, 0.29) is 0 Å². The molecule has 0 fully saturated rings. The van der Waals surface area contributed by atoms with Crippen LogP contribution in [-0.4, -0.2) is 6.79 Å². The number of hydrogen-bond acceptors (Lipinski definition) is 3. The lowest BCUT2D eigenvalue weighted by atomic mass is 10.1. The van der Waals surface area contributed by atoms with Gasteiger partial charge < -0.3 is 14.2 Å². The van der Waals surface area contributed by atoms with Crippen molar-refractivity contribution in [3.63, 3.8) is 0 Å². The zero-order valence-electron chi connectivity index (χ0n) is 13.3. The molecular weight excluding hydrogens is 300 g/mol. The first kappa shape index (κ1) is 14.6. The largest absolute Gasteiger partial charge is 0.489 e. The number of ether oxygens (including phenoxy) is 3. The molecule has 0 unspecified atom stereocenters. The highest BCUT2D eigenvalue weighted by molar-refractivity contribution is 5.44. The van der Waals surface area contributed by atoms with Gasteiger partial charge in [-0.05, 0) is 47.4 Å². The van der Waals surface area contributed by atoms with E-state index in [9.17, 15) is 0 Å². The van der Waals surface area contributed by atoms with Crippen LogP contribution in [0.5, 0.6) is 17.2 Å². The summed E-state index contributed by atoms with van der Waals surface area (Å²) in [4.78, 5) is 0. The van der Waals surface area contributed by atoms with E-state index in [1.807, 2.05) is 36.4 Å². The molecule has 3 nitrogen and oxygen atoms in total. The Balaban J connectivity index is 1.37. The number of hydrogen-bond donors (Lipinski definition) is 0. The van der Waals surface area contributed by atoms with Gasteiger partial charge in [0.2, 0.25) is 6.79 Å². The van der Waals surface area contributed by atoms with Crippen LogP contribution in [0.2, 0.25) is 0 Å². The molecule has 0 radical (unpaired) electrons. The summed E-state index contributed by atoms with van der Waals surface area (Å²) in [6, 6.07) is 24.6. The van der Waals surface area contributed by atoms with Crippen molar-refractivity contribution in [2.24, 2.45) is 0 Å². The maximum Gasteiger partial charge on any atom is 0.231 e. The Morgan fingerprint density at radius 3 is 2.25 bits per heavy atom. The monoisotopic (exact) mass is 318 g/mol. The minimum Gasteiger partial charge on any atom is -0.489 e. The smallest absolute Gasteiger partial charge is 0.231 e. The van der Waals surface area contributed by atoms with Crippen LogP contribution in [0.3, 0.4) is 0 Å². The van der Waals surface area contributed by atoms with Crippen molar-refractivity contribution in [1.82, 2.24) is 0 Å². The van der Waals surface area contributed by atoms with Crippen LogP contribution < -0.4 is 14.2 Å². The minimum atomic E-state index is 0.294. The summed E-state index contributed by atoms with van der Waals surface area (Å²) in [6.07, 6.45) is 0.934. The second kappa shape index (κ2) is 6.67. The molecule has 3 aromatic rings.